The molecule has 11 heteroatoms. The number of pyridine rings is 1. The van der Waals surface area contributed by atoms with Crippen LogP contribution in [0.5, 0.6) is 5.75 Å². The molecule has 1 saturated carbocycles. The van der Waals surface area contributed by atoms with Gasteiger partial charge in [0.25, 0.3) is 5.91 Å². The maximum atomic E-state index is 14.1. The number of halogens is 1. The van der Waals surface area contributed by atoms with E-state index in [0.29, 0.717) is 43.6 Å². The number of hydrogen-bond acceptors (Lipinski definition) is 7. The summed E-state index contributed by atoms with van der Waals surface area (Å²) in [5.74, 6) is -0.561. The molecule has 234 valence electrons. The van der Waals surface area contributed by atoms with Gasteiger partial charge in [0.2, 0.25) is 10.0 Å². The van der Waals surface area contributed by atoms with E-state index in [4.69, 9.17) is 9.47 Å². The third-order valence-corrected chi connectivity index (χ3v) is 10.1. The molecule has 44 heavy (non-hydrogen) atoms. The van der Waals surface area contributed by atoms with Crippen molar-refractivity contribution in [3.8, 4) is 5.75 Å². The summed E-state index contributed by atoms with van der Waals surface area (Å²) in [6.07, 6.45) is 6.46. The average molecular weight is 640 g/mol. The lowest BCUT2D eigenvalue weighted by atomic mass is 9.82. The summed E-state index contributed by atoms with van der Waals surface area (Å²) in [6.45, 7) is 0.514. The predicted molar refractivity (Wildman–Crippen MR) is 170 cm³/mol. The van der Waals surface area contributed by atoms with Gasteiger partial charge < -0.3 is 9.47 Å². The number of amides is 1. The van der Waals surface area contributed by atoms with E-state index < -0.39 is 22.0 Å². The molecular formula is C33H38ClN3O6S. The number of carbonyl (C=O) groups is 1. The summed E-state index contributed by atoms with van der Waals surface area (Å²) in [5.41, 5.74) is 3.65. The third-order valence-electron chi connectivity index (χ3n) is 8.21. The van der Waals surface area contributed by atoms with Gasteiger partial charge in [-0.2, -0.15) is 4.31 Å². The average Bonchev–Trinajstić information content (AvgIpc) is 3.05. The minimum atomic E-state index is -4.15. The molecule has 0 spiro atoms. The summed E-state index contributed by atoms with van der Waals surface area (Å²) in [7, 11) is -2.65. The Morgan fingerprint density at radius 1 is 0.977 bits per heavy atom. The van der Waals surface area contributed by atoms with Crippen LogP contribution in [-0.2, 0) is 32.5 Å². The standard InChI is InChI=1S/C33H37N3O6S.ClH/c1-41-28-13-15-30(16-14-28)43(39,40)36(23-24-17-20-34-21-18-24)32(33(37)35-38)27-9-11-29(12-10-27)42-22-19-26-7-4-6-25-5-2-3-8-31(25)26;/h2-8,13-18,20-21,27,29,32,38H,9-12,19,22-23H2,1H3,(H,35,37);1H/t27-,29-,32-;/m1./s1. The summed E-state index contributed by atoms with van der Waals surface area (Å²) in [5, 5.41) is 12.2. The Kier molecular flexibility index (Phi) is 11.7. The lowest BCUT2D eigenvalue weighted by Crippen LogP contribution is -2.53. The van der Waals surface area contributed by atoms with Crippen molar-refractivity contribution in [2.75, 3.05) is 13.7 Å². The molecule has 1 aromatic heterocycles. The molecule has 1 aliphatic carbocycles. The highest BCUT2D eigenvalue weighted by Gasteiger charge is 2.42. The molecule has 0 saturated heterocycles. The maximum Gasteiger partial charge on any atom is 0.262 e. The zero-order valence-electron chi connectivity index (χ0n) is 24.5. The molecule has 4 aromatic rings. The van der Waals surface area contributed by atoms with Gasteiger partial charge in [0.05, 0.1) is 24.7 Å². The summed E-state index contributed by atoms with van der Waals surface area (Å²) < 4.78 is 40.8. The van der Waals surface area contributed by atoms with Gasteiger partial charge >= 0.3 is 0 Å². The fourth-order valence-corrected chi connectivity index (χ4v) is 7.58. The van der Waals surface area contributed by atoms with E-state index in [1.807, 2.05) is 12.1 Å². The van der Waals surface area contributed by atoms with Crippen LogP contribution in [0.2, 0.25) is 0 Å². The first kappa shape index (κ1) is 33.4. The summed E-state index contributed by atoms with van der Waals surface area (Å²) >= 11 is 0. The van der Waals surface area contributed by atoms with E-state index >= 15 is 0 Å². The van der Waals surface area contributed by atoms with Crippen LogP contribution in [0.1, 0.15) is 36.8 Å². The summed E-state index contributed by atoms with van der Waals surface area (Å²) in [6, 6.07) is 23.0. The number of nitrogens with zero attached hydrogens (tertiary/aromatic N) is 2. The monoisotopic (exact) mass is 639 g/mol. The number of ether oxygens (including phenoxy) is 2. The SMILES string of the molecule is COc1ccc(S(=O)(=O)N(Cc2ccncc2)[C@@H](C(=O)NO)[C@H]2CC[C@H](OCCc3cccc4ccccc34)CC2)cc1.Cl. The molecule has 1 fully saturated rings. The number of methoxy groups -OCH3 is 1. The van der Waals surface area contributed by atoms with Crippen molar-refractivity contribution in [2.45, 2.75) is 55.7 Å². The second-order valence-electron chi connectivity index (χ2n) is 10.8. The molecule has 1 atom stereocenters. The Bertz CT molecular complexity index is 1610. The van der Waals surface area contributed by atoms with Crippen LogP contribution in [-0.4, -0.2) is 54.7 Å². The Morgan fingerprint density at radius 3 is 2.34 bits per heavy atom. The molecule has 0 bridgehead atoms. The van der Waals surface area contributed by atoms with Crippen molar-refractivity contribution in [3.63, 3.8) is 0 Å². The molecule has 1 heterocycles. The van der Waals surface area contributed by atoms with Gasteiger partial charge in [0, 0.05) is 18.9 Å². The van der Waals surface area contributed by atoms with Gasteiger partial charge in [-0.05, 0) is 96.3 Å². The quantitative estimate of drug-likeness (QED) is 0.154. The van der Waals surface area contributed by atoms with Crippen molar-refractivity contribution in [3.05, 3.63) is 102 Å². The fraction of sp³-hybridized carbons (Fsp3) is 0.333. The summed E-state index contributed by atoms with van der Waals surface area (Å²) in [4.78, 5) is 17.3. The fourth-order valence-electron chi connectivity index (χ4n) is 5.95. The van der Waals surface area contributed by atoms with Crippen LogP contribution in [0, 0.1) is 5.92 Å². The van der Waals surface area contributed by atoms with Crippen LogP contribution in [0.15, 0.2) is 96.2 Å². The van der Waals surface area contributed by atoms with E-state index in [1.54, 1.807) is 42.1 Å². The number of hydroxylamine groups is 1. The minimum Gasteiger partial charge on any atom is -0.497 e. The number of hydrogen-bond donors (Lipinski definition) is 2. The van der Waals surface area contributed by atoms with Crippen molar-refractivity contribution in [2.24, 2.45) is 5.92 Å². The Hall–Kier alpha value is -3.54. The van der Waals surface area contributed by atoms with Gasteiger partial charge in [-0.3, -0.25) is 15.0 Å². The van der Waals surface area contributed by atoms with Crippen LogP contribution < -0.4 is 10.2 Å². The molecule has 1 aliphatic rings. The van der Waals surface area contributed by atoms with E-state index in [9.17, 15) is 18.4 Å². The number of fused-ring (bicyclic) bond motifs is 1. The van der Waals surface area contributed by atoms with Gasteiger partial charge in [-0.25, -0.2) is 13.9 Å². The predicted octanol–water partition coefficient (Wildman–Crippen LogP) is 5.55. The second kappa shape index (κ2) is 15.5. The maximum absolute atomic E-state index is 14.1. The second-order valence-corrected chi connectivity index (χ2v) is 12.7. The molecule has 0 radical (unpaired) electrons. The first-order chi connectivity index (χ1) is 20.9. The molecular weight excluding hydrogens is 602 g/mol. The molecule has 2 N–H and O–H groups in total. The zero-order valence-corrected chi connectivity index (χ0v) is 26.2. The Balaban J connectivity index is 0.00000442. The van der Waals surface area contributed by atoms with Crippen LogP contribution in [0.25, 0.3) is 10.8 Å². The van der Waals surface area contributed by atoms with E-state index in [0.717, 1.165) is 6.42 Å². The number of rotatable bonds is 12. The largest absolute Gasteiger partial charge is 0.497 e. The van der Waals surface area contributed by atoms with Crippen molar-refractivity contribution >= 4 is 39.1 Å². The topological polar surface area (TPSA) is 118 Å². The first-order valence-corrected chi connectivity index (χ1v) is 15.9. The third kappa shape index (κ3) is 7.75. The highest BCUT2D eigenvalue weighted by Crippen LogP contribution is 2.35. The zero-order chi connectivity index (χ0) is 30.2. The van der Waals surface area contributed by atoms with Gasteiger partial charge in [-0.15, -0.1) is 12.4 Å². The normalized spacial score (nSPS) is 17.5. The van der Waals surface area contributed by atoms with Crippen molar-refractivity contribution in [1.82, 2.24) is 14.8 Å². The van der Waals surface area contributed by atoms with E-state index in [1.165, 1.54) is 39.9 Å². The van der Waals surface area contributed by atoms with Gasteiger partial charge in [-0.1, -0.05) is 42.5 Å². The number of benzene rings is 3. The molecule has 3 aromatic carbocycles. The molecule has 5 rings (SSSR count). The number of nitrogens with one attached hydrogen (secondary N) is 1. The minimum absolute atomic E-state index is 0. The molecule has 9 nitrogen and oxygen atoms in total. The van der Waals surface area contributed by atoms with Gasteiger partial charge in [0.1, 0.15) is 11.8 Å². The highest BCUT2D eigenvalue weighted by molar-refractivity contribution is 7.89. The van der Waals surface area contributed by atoms with Gasteiger partial charge in [0.15, 0.2) is 0 Å². The van der Waals surface area contributed by atoms with E-state index in [-0.39, 0.29) is 35.9 Å². The number of aromatic nitrogens is 1. The Labute approximate surface area is 264 Å². The Morgan fingerprint density at radius 2 is 1.66 bits per heavy atom. The van der Waals surface area contributed by atoms with Crippen LogP contribution in [0.4, 0.5) is 0 Å². The van der Waals surface area contributed by atoms with Crippen molar-refractivity contribution < 1.29 is 27.9 Å². The number of carbonyl (C=O) groups excluding carboxylic acids is 1. The van der Waals surface area contributed by atoms with E-state index in [2.05, 4.69) is 35.3 Å². The van der Waals surface area contributed by atoms with Crippen LogP contribution >= 0.6 is 12.4 Å². The lowest BCUT2D eigenvalue weighted by molar-refractivity contribution is -0.136. The molecule has 1 amide bonds. The first-order valence-electron chi connectivity index (χ1n) is 14.5. The molecule has 0 aliphatic heterocycles. The van der Waals surface area contributed by atoms with Crippen LogP contribution in [0.3, 0.4) is 0 Å². The molecule has 0 unspecified atom stereocenters. The lowest BCUT2D eigenvalue weighted by Gasteiger charge is -2.38. The number of sulfonamides is 1. The van der Waals surface area contributed by atoms with Crippen molar-refractivity contribution in [1.29, 1.82) is 0 Å². The smallest absolute Gasteiger partial charge is 0.262 e. The highest BCUT2D eigenvalue weighted by atomic mass is 35.5.